The number of benzene rings is 2. The van der Waals surface area contributed by atoms with Crippen molar-refractivity contribution < 1.29 is 4.42 Å². The quantitative estimate of drug-likeness (QED) is 0.441. The molecule has 0 bridgehead atoms. The number of oxazole rings is 1. The maximum atomic E-state index is 5.74. The molecular weight excluding hydrogens is 484 g/mol. The SMILES string of the molecule is Cc1nc2cc(C3=NN=C(C(C)C)CC4CCN(CNC5CCCN(Cc6ccccc6)C5)CC34)ccc2o1. The van der Waals surface area contributed by atoms with Crippen LogP contribution in [0.1, 0.15) is 56.5 Å². The van der Waals surface area contributed by atoms with Crippen LogP contribution in [0.4, 0.5) is 0 Å². The van der Waals surface area contributed by atoms with Crippen LogP contribution in [0.15, 0.2) is 63.2 Å². The lowest BCUT2D eigenvalue weighted by molar-refractivity contribution is 0.123. The van der Waals surface area contributed by atoms with E-state index in [9.17, 15) is 0 Å². The summed E-state index contributed by atoms with van der Waals surface area (Å²) in [5.41, 5.74) is 6.59. The highest BCUT2D eigenvalue weighted by Crippen LogP contribution is 2.34. The molecule has 0 saturated carbocycles. The van der Waals surface area contributed by atoms with E-state index in [1.165, 1.54) is 37.1 Å². The van der Waals surface area contributed by atoms with Gasteiger partial charge in [-0.3, -0.25) is 9.80 Å². The average molecular weight is 527 g/mol. The first-order valence-electron chi connectivity index (χ1n) is 14.8. The summed E-state index contributed by atoms with van der Waals surface area (Å²) >= 11 is 0. The van der Waals surface area contributed by atoms with Gasteiger partial charge in [0.1, 0.15) is 5.52 Å². The number of hydrogen-bond acceptors (Lipinski definition) is 7. The maximum Gasteiger partial charge on any atom is 0.192 e. The summed E-state index contributed by atoms with van der Waals surface area (Å²) in [6, 6.07) is 17.7. The van der Waals surface area contributed by atoms with E-state index in [2.05, 4.69) is 76.4 Å². The van der Waals surface area contributed by atoms with Crippen LogP contribution in [0.2, 0.25) is 0 Å². The lowest BCUT2D eigenvalue weighted by Crippen LogP contribution is -2.52. The molecule has 0 radical (unpaired) electrons. The molecule has 7 heteroatoms. The van der Waals surface area contributed by atoms with Crippen molar-refractivity contribution in [2.24, 2.45) is 28.0 Å². The van der Waals surface area contributed by atoms with Crippen LogP contribution in [0.3, 0.4) is 0 Å². The summed E-state index contributed by atoms with van der Waals surface area (Å²) in [5.74, 6) is 2.03. The predicted octanol–water partition coefficient (Wildman–Crippen LogP) is 5.49. The molecule has 4 heterocycles. The van der Waals surface area contributed by atoms with Gasteiger partial charge in [-0.25, -0.2) is 4.98 Å². The Hall–Kier alpha value is -2.87. The van der Waals surface area contributed by atoms with Gasteiger partial charge in [-0.05, 0) is 74.4 Å². The minimum absolute atomic E-state index is 0.354. The predicted molar refractivity (Wildman–Crippen MR) is 158 cm³/mol. The number of nitrogens with one attached hydrogen (secondary N) is 1. The number of rotatable bonds is 7. The van der Waals surface area contributed by atoms with E-state index in [4.69, 9.17) is 14.6 Å². The highest BCUT2D eigenvalue weighted by Gasteiger charge is 2.36. The third-order valence-corrected chi connectivity index (χ3v) is 8.76. The van der Waals surface area contributed by atoms with Crippen molar-refractivity contribution in [3.8, 4) is 0 Å². The summed E-state index contributed by atoms with van der Waals surface area (Å²) in [4.78, 5) is 9.79. The highest BCUT2D eigenvalue weighted by molar-refractivity contribution is 6.05. The first-order chi connectivity index (χ1) is 19.0. The molecule has 0 aliphatic carbocycles. The molecular formula is C32H42N6O. The van der Waals surface area contributed by atoms with Crippen molar-refractivity contribution in [3.05, 3.63) is 65.5 Å². The van der Waals surface area contributed by atoms with E-state index < -0.39 is 0 Å². The monoisotopic (exact) mass is 526 g/mol. The zero-order valence-electron chi connectivity index (χ0n) is 23.6. The van der Waals surface area contributed by atoms with E-state index in [1.54, 1.807) is 0 Å². The Bertz CT molecular complexity index is 1330. The van der Waals surface area contributed by atoms with Crippen molar-refractivity contribution in [2.45, 2.75) is 59.0 Å². The number of piperidine rings is 2. The van der Waals surface area contributed by atoms with Gasteiger partial charge in [-0.15, -0.1) is 0 Å². The molecule has 7 nitrogen and oxygen atoms in total. The minimum Gasteiger partial charge on any atom is -0.441 e. The van der Waals surface area contributed by atoms with Crippen molar-refractivity contribution in [2.75, 3.05) is 32.8 Å². The first kappa shape index (κ1) is 26.4. The first-order valence-corrected chi connectivity index (χ1v) is 14.8. The van der Waals surface area contributed by atoms with Gasteiger partial charge >= 0.3 is 0 Å². The van der Waals surface area contributed by atoms with Crippen LogP contribution in [0, 0.1) is 24.7 Å². The lowest BCUT2D eigenvalue weighted by Gasteiger charge is -2.40. The summed E-state index contributed by atoms with van der Waals surface area (Å²) in [5, 5.41) is 13.6. The fourth-order valence-corrected chi connectivity index (χ4v) is 6.56. The van der Waals surface area contributed by atoms with Crippen LogP contribution in [-0.2, 0) is 6.54 Å². The van der Waals surface area contributed by atoms with E-state index in [0.29, 0.717) is 29.7 Å². The van der Waals surface area contributed by atoms with Gasteiger partial charge in [0.2, 0.25) is 0 Å². The van der Waals surface area contributed by atoms with Crippen molar-refractivity contribution in [3.63, 3.8) is 0 Å². The Morgan fingerprint density at radius 3 is 2.72 bits per heavy atom. The Labute approximate surface area is 232 Å². The van der Waals surface area contributed by atoms with Gasteiger partial charge in [-0.1, -0.05) is 44.2 Å². The van der Waals surface area contributed by atoms with E-state index in [-0.39, 0.29) is 0 Å². The number of fused-ring (bicyclic) bond motifs is 2. The van der Waals surface area contributed by atoms with Gasteiger partial charge in [0, 0.05) is 56.5 Å². The van der Waals surface area contributed by atoms with Crippen molar-refractivity contribution in [1.82, 2.24) is 20.1 Å². The fourth-order valence-electron chi connectivity index (χ4n) is 6.56. The summed E-state index contributed by atoms with van der Waals surface area (Å²) in [7, 11) is 0. The molecule has 3 atom stereocenters. The topological polar surface area (TPSA) is 69.3 Å². The summed E-state index contributed by atoms with van der Waals surface area (Å²) in [6.07, 6.45) is 4.72. The van der Waals surface area contributed by atoms with Crippen LogP contribution in [-0.4, -0.2) is 65.1 Å². The van der Waals surface area contributed by atoms with Gasteiger partial charge in [0.05, 0.1) is 5.71 Å². The second-order valence-corrected chi connectivity index (χ2v) is 12.0. The smallest absolute Gasteiger partial charge is 0.192 e. The molecule has 3 aliphatic rings. The zero-order chi connectivity index (χ0) is 26.8. The van der Waals surface area contributed by atoms with Crippen molar-refractivity contribution in [1.29, 1.82) is 0 Å². The molecule has 2 saturated heterocycles. The Morgan fingerprint density at radius 2 is 1.87 bits per heavy atom. The number of aryl methyl sites for hydroxylation is 1. The molecule has 3 aliphatic heterocycles. The summed E-state index contributed by atoms with van der Waals surface area (Å²) < 4.78 is 5.74. The van der Waals surface area contributed by atoms with E-state index in [0.717, 1.165) is 61.6 Å². The van der Waals surface area contributed by atoms with E-state index >= 15 is 0 Å². The Kier molecular flexibility index (Phi) is 7.91. The van der Waals surface area contributed by atoms with Gasteiger partial charge < -0.3 is 9.73 Å². The van der Waals surface area contributed by atoms with Gasteiger partial charge in [0.15, 0.2) is 11.5 Å². The van der Waals surface area contributed by atoms with Crippen LogP contribution >= 0.6 is 0 Å². The summed E-state index contributed by atoms with van der Waals surface area (Å²) in [6.45, 7) is 12.8. The molecule has 6 rings (SSSR count). The molecule has 1 N–H and O–H groups in total. The average Bonchev–Trinajstić information content (AvgIpc) is 3.20. The molecule has 39 heavy (non-hydrogen) atoms. The van der Waals surface area contributed by atoms with Crippen molar-refractivity contribution >= 4 is 22.5 Å². The standard InChI is InChI=1S/C32H42N6O/c1-22(2)29-16-25-13-15-38(21-33-27-10-7-14-37(19-27)18-24-8-5-4-6-9-24)20-28(25)32(36-35-29)26-11-12-31-30(17-26)34-23(3)39-31/h4-6,8-9,11-12,17,22,25,27-28,33H,7,10,13-16,18-21H2,1-3H3. The highest BCUT2D eigenvalue weighted by atomic mass is 16.3. The second kappa shape index (κ2) is 11.7. The molecule has 0 amide bonds. The number of likely N-dealkylation sites (tertiary alicyclic amines) is 2. The Balaban J connectivity index is 1.14. The number of nitrogens with zero attached hydrogens (tertiary/aromatic N) is 5. The zero-order valence-corrected chi connectivity index (χ0v) is 23.6. The van der Waals surface area contributed by atoms with Crippen LogP contribution in [0.5, 0.6) is 0 Å². The third-order valence-electron chi connectivity index (χ3n) is 8.76. The molecule has 1 aromatic heterocycles. The second-order valence-electron chi connectivity index (χ2n) is 12.0. The maximum absolute atomic E-state index is 5.74. The minimum atomic E-state index is 0.354. The molecule has 206 valence electrons. The van der Waals surface area contributed by atoms with E-state index in [1.807, 2.05) is 13.0 Å². The number of aromatic nitrogens is 1. The Morgan fingerprint density at radius 1 is 1.00 bits per heavy atom. The molecule has 2 aromatic carbocycles. The fraction of sp³-hybridized carbons (Fsp3) is 0.531. The van der Waals surface area contributed by atoms with Crippen LogP contribution < -0.4 is 5.32 Å². The van der Waals surface area contributed by atoms with Crippen LogP contribution in [0.25, 0.3) is 11.1 Å². The molecule has 0 spiro atoms. The third kappa shape index (κ3) is 6.16. The largest absolute Gasteiger partial charge is 0.441 e. The number of hydrogen-bond donors (Lipinski definition) is 1. The lowest BCUT2D eigenvalue weighted by atomic mass is 9.76. The molecule has 3 unspecified atom stereocenters. The normalized spacial score (nSPS) is 24.9. The van der Waals surface area contributed by atoms with Gasteiger partial charge in [0.25, 0.3) is 0 Å². The molecule has 2 fully saturated rings. The van der Waals surface area contributed by atoms with Gasteiger partial charge in [-0.2, -0.15) is 10.2 Å². The molecule has 3 aromatic rings.